The van der Waals surface area contributed by atoms with Gasteiger partial charge in [-0.15, -0.1) is 0 Å². The molecule has 0 atom stereocenters. The van der Waals surface area contributed by atoms with Gasteiger partial charge in [0.1, 0.15) is 5.69 Å². The van der Waals surface area contributed by atoms with E-state index in [2.05, 4.69) is 56.6 Å². The van der Waals surface area contributed by atoms with Gasteiger partial charge in [0.05, 0.1) is 33.1 Å². The van der Waals surface area contributed by atoms with Crippen LogP contribution in [-0.2, 0) is 7.05 Å². The van der Waals surface area contributed by atoms with Crippen LogP contribution >= 0.6 is 16.1 Å². The van der Waals surface area contributed by atoms with E-state index in [4.69, 9.17) is 0 Å². The second kappa shape index (κ2) is 5.10. The number of benzene rings is 1. The molecule has 0 spiro atoms. The minimum Gasteiger partial charge on any atom is -0.284 e. The molecule has 0 amide bonds. The Bertz CT molecular complexity index is 953. The Morgan fingerprint density at radius 1 is 1.00 bits per heavy atom. The van der Waals surface area contributed by atoms with Crippen LogP contribution in [0, 0.1) is 0 Å². The Hall–Kier alpha value is -2.40. The Morgan fingerprint density at radius 3 is 2.73 bits per heavy atom. The van der Waals surface area contributed by atoms with Crippen LogP contribution in [-0.4, -0.2) is 18.4 Å². The van der Waals surface area contributed by atoms with Crippen LogP contribution in [0.1, 0.15) is 0 Å². The summed E-state index contributed by atoms with van der Waals surface area (Å²) in [5.41, 5.74) is 5.14. The lowest BCUT2D eigenvalue weighted by Crippen LogP contribution is -1.94. The molecule has 3 heterocycles. The van der Waals surface area contributed by atoms with Crippen molar-refractivity contribution in [2.45, 2.75) is 0 Å². The molecule has 3 aromatic heterocycles. The van der Waals surface area contributed by atoms with Crippen LogP contribution in [0.25, 0.3) is 33.5 Å². The molecule has 1 aromatic carbocycles. The summed E-state index contributed by atoms with van der Waals surface area (Å²) in [6, 6.07) is 16.4. The van der Waals surface area contributed by atoms with Crippen molar-refractivity contribution in [3.63, 3.8) is 0 Å². The van der Waals surface area contributed by atoms with E-state index < -0.39 is 0 Å². The SMILES string of the molecule is Cn1nc(-c2ccccn2)cc1-c1ccc2c(ccn2Br)c1. The van der Waals surface area contributed by atoms with Crippen molar-refractivity contribution in [2.24, 2.45) is 7.05 Å². The first-order valence-corrected chi connectivity index (χ1v) is 7.66. The van der Waals surface area contributed by atoms with E-state index in [0.29, 0.717) is 0 Å². The van der Waals surface area contributed by atoms with Gasteiger partial charge in [0.15, 0.2) is 0 Å². The molecule has 4 rings (SSSR count). The number of hydrogen-bond donors (Lipinski definition) is 0. The Labute approximate surface area is 136 Å². The largest absolute Gasteiger partial charge is 0.284 e. The molecule has 0 N–H and O–H groups in total. The number of fused-ring (bicyclic) bond motifs is 1. The Balaban J connectivity index is 1.83. The number of aromatic nitrogens is 4. The fourth-order valence-electron chi connectivity index (χ4n) is 2.64. The van der Waals surface area contributed by atoms with Crippen molar-refractivity contribution in [3.05, 3.63) is 60.9 Å². The highest BCUT2D eigenvalue weighted by atomic mass is 79.9. The van der Waals surface area contributed by atoms with Crippen LogP contribution in [0.2, 0.25) is 0 Å². The number of aryl methyl sites for hydroxylation is 1. The van der Waals surface area contributed by atoms with E-state index in [1.165, 1.54) is 5.39 Å². The molecule has 0 aliphatic heterocycles. The number of halogens is 1. The molecule has 5 heteroatoms. The van der Waals surface area contributed by atoms with Crippen molar-refractivity contribution in [3.8, 4) is 22.6 Å². The minimum absolute atomic E-state index is 0.885. The molecule has 0 saturated carbocycles. The van der Waals surface area contributed by atoms with Crippen molar-refractivity contribution >= 4 is 27.1 Å². The molecule has 0 aliphatic rings. The lowest BCUT2D eigenvalue weighted by Gasteiger charge is -2.02. The third kappa shape index (κ3) is 2.14. The lowest BCUT2D eigenvalue weighted by atomic mass is 10.1. The van der Waals surface area contributed by atoms with Gasteiger partial charge in [-0.25, -0.2) is 0 Å². The monoisotopic (exact) mass is 352 g/mol. The molecule has 0 bridgehead atoms. The predicted molar refractivity (Wildman–Crippen MR) is 91.7 cm³/mol. The quantitative estimate of drug-likeness (QED) is 0.540. The van der Waals surface area contributed by atoms with Crippen molar-refractivity contribution in [1.29, 1.82) is 0 Å². The standard InChI is InChI=1S/C17H13BrN4/c1-21-17(11-15(20-21)14-4-2-3-8-19-14)12-5-6-16-13(10-12)7-9-22(16)18/h2-11H,1H3. The summed E-state index contributed by atoms with van der Waals surface area (Å²) in [6.45, 7) is 0. The second-order valence-corrected chi connectivity index (χ2v) is 5.92. The van der Waals surface area contributed by atoms with E-state index in [9.17, 15) is 0 Å². The zero-order valence-electron chi connectivity index (χ0n) is 11.9. The zero-order chi connectivity index (χ0) is 15.1. The first kappa shape index (κ1) is 13.3. The summed E-state index contributed by atoms with van der Waals surface area (Å²) < 4.78 is 3.84. The van der Waals surface area contributed by atoms with E-state index >= 15 is 0 Å². The van der Waals surface area contributed by atoms with E-state index in [1.54, 1.807) is 6.20 Å². The molecule has 108 valence electrons. The van der Waals surface area contributed by atoms with Crippen LogP contribution < -0.4 is 0 Å². The number of nitrogens with zero attached hydrogens (tertiary/aromatic N) is 4. The smallest absolute Gasteiger partial charge is 0.111 e. The lowest BCUT2D eigenvalue weighted by molar-refractivity contribution is 0.778. The number of hydrogen-bond acceptors (Lipinski definition) is 2. The molecular formula is C17H13BrN4. The average molecular weight is 353 g/mol. The second-order valence-electron chi connectivity index (χ2n) is 5.15. The van der Waals surface area contributed by atoms with E-state index in [-0.39, 0.29) is 0 Å². The number of rotatable bonds is 2. The fraction of sp³-hybridized carbons (Fsp3) is 0.0588. The van der Waals surface area contributed by atoms with Crippen molar-refractivity contribution < 1.29 is 0 Å². The molecule has 4 nitrogen and oxygen atoms in total. The Kier molecular flexibility index (Phi) is 3.08. The molecule has 0 fully saturated rings. The Morgan fingerprint density at radius 2 is 1.91 bits per heavy atom. The molecular weight excluding hydrogens is 340 g/mol. The molecule has 22 heavy (non-hydrogen) atoms. The normalized spacial score (nSPS) is 11.2. The summed E-state index contributed by atoms with van der Waals surface area (Å²) in [6.07, 6.45) is 3.78. The highest BCUT2D eigenvalue weighted by molar-refractivity contribution is 9.08. The molecule has 0 saturated heterocycles. The van der Waals surface area contributed by atoms with Gasteiger partial charge < -0.3 is 0 Å². The van der Waals surface area contributed by atoms with Crippen LogP contribution in [0.5, 0.6) is 0 Å². The maximum atomic E-state index is 4.58. The molecule has 0 aliphatic carbocycles. The van der Waals surface area contributed by atoms with Gasteiger partial charge in [0.25, 0.3) is 0 Å². The van der Waals surface area contributed by atoms with Gasteiger partial charge in [-0.1, -0.05) is 12.1 Å². The highest BCUT2D eigenvalue weighted by Gasteiger charge is 2.11. The van der Waals surface area contributed by atoms with E-state index in [0.717, 1.165) is 28.2 Å². The average Bonchev–Trinajstić information content (AvgIpc) is 3.11. The third-order valence-corrected chi connectivity index (χ3v) is 4.36. The maximum Gasteiger partial charge on any atom is 0.111 e. The van der Waals surface area contributed by atoms with Crippen LogP contribution in [0.15, 0.2) is 60.9 Å². The summed E-state index contributed by atoms with van der Waals surface area (Å²) in [5, 5.41) is 5.77. The zero-order valence-corrected chi connectivity index (χ0v) is 13.5. The van der Waals surface area contributed by atoms with Gasteiger partial charge in [0, 0.05) is 30.4 Å². The summed E-state index contributed by atoms with van der Waals surface area (Å²) in [5.74, 6) is 0. The van der Waals surface area contributed by atoms with Gasteiger partial charge in [-0.05, 0) is 36.4 Å². The summed E-state index contributed by atoms with van der Waals surface area (Å²) in [4.78, 5) is 4.36. The van der Waals surface area contributed by atoms with Gasteiger partial charge in [0.2, 0.25) is 0 Å². The van der Waals surface area contributed by atoms with Crippen molar-refractivity contribution in [2.75, 3.05) is 0 Å². The minimum atomic E-state index is 0.885. The van der Waals surface area contributed by atoms with Gasteiger partial charge >= 0.3 is 0 Å². The van der Waals surface area contributed by atoms with Gasteiger partial charge in [-0.2, -0.15) is 5.10 Å². The van der Waals surface area contributed by atoms with E-state index in [1.807, 2.05) is 39.7 Å². The summed E-state index contributed by atoms with van der Waals surface area (Å²) in [7, 11) is 1.96. The molecule has 0 radical (unpaired) electrons. The first-order valence-electron chi connectivity index (χ1n) is 6.95. The molecule has 0 unspecified atom stereocenters. The fourth-order valence-corrected chi connectivity index (χ4v) is 3.09. The van der Waals surface area contributed by atoms with Crippen LogP contribution in [0.4, 0.5) is 0 Å². The topological polar surface area (TPSA) is 35.6 Å². The van der Waals surface area contributed by atoms with Gasteiger partial charge in [-0.3, -0.25) is 13.3 Å². The summed E-state index contributed by atoms with van der Waals surface area (Å²) >= 11 is 3.49. The third-order valence-electron chi connectivity index (χ3n) is 3.75. The van der Waals surface area contributed by atoms with Crippen molar-refractivity contribution in [1.82, 2.24) is 18.4 Å². The first-order chi connectivity index (χ1) is 10.7. The van der Waals surface area contributed by atoms with Crippen LogP contribution in [0.3, 0.4) is 0 Å². The predicted octanol–water partition coefficient (Wildman–Crippen LogP) is 4.26. The maximum absolute atomic E-state index is 4.58. The number of pyridine rings is 1. The highest BCUT2D eigenvalue weighted by Crippen LogP contribution is 2.28. The molecule has 4 aromatic rings.